The van der Waals surface area contributed by atoms with E-state index in [0.717, 1.165) is 12.8 Å². The van der Waals surface area contributed by atoms with Gasteiger partial charge in [-0.15, -0.1) is 0 Å². The van der Waals surface area contributed by atoms with Crippen LogP contribution >= 0.6 is 0 Å². The number of benzene rings is 1. The molecule has 0 radical (unpaired) electrons. The molecule has 1 N–H and O–H groups in total. The summed E-state index contributed by atoms with van der Waals surface area (Å²) in [5.74, 6) is 0. The summed E-state index contributed by atoms with van der Waals surface area (Å²) in [5.41, 5.74) is 3.76. The maximum atomic E-state index is 10.3. The largest absolute Gasteiger partial charge is 0.390 e. The van der Waals surface area contributed by atoms with E-state index in [-0.39, 0.29) is 6.10 Å². The Balaban J connectivity index is 2.66. The highest BCUT2D eigenvalue weighted by Gasteiger charge is 2.19. The SMILES string of the molecule is CCCC(OCC)C(O)Cc1ccc(C)c(C)c1. The van der Waals surface area contributed by atoms with Crippen LogP contribution in [0.3, 0.4) is 0 Å². The van der Waals surface area contributed by atoms with Crippen LogP contribution in [0.4, 0.5) is 0 Å². The van der Waals surface area contributed by atoms with Gasteiger partial charge < -0.3 is 9.84 Å². The van der Waals surface area contributed by atoms with Crippen molar-refractivity contribution in [3.8, 4) is 0 Å². The third kappa shape index (κ3) is 4.43. The van der Waals surface area contributed by atoms with Crippen molar-refractivity contribution in [3.05, 3.63) is 34.9 Å². The highest BCUT2D eigenvalue weighted by atomic mass is 16.5. The molecule has 0 heterocycles. The topological polar surface area (TPSA) is 29.5 Å². The molecule has 0 aromatic heterocycles. The van der Waals surface area contributed by atoms with Gasteiger partial charge in [0.25, 0.3) is 0 Å². The van der Waals surface area contributed by atoms with Gasteiger partial charge in [0.05, 0.1) is 12.2 Å². The predicted molar refractivity (Wildman–Crippen MR) is 75.9 cm³/mol. The second-order valence-electron chi connectivity index (χ2n) is 4.97. The summed E-state index contributed by atoms with van der Waals surface area (Å²) in [6.07, 6.45) is 2.17. The van der Waals surface area contributed by atoms with Crippen LogP contribution in [0.15, 0.2) is 18.2 Å². The van der Waals surface area contributed by atoms with Gasteiger partial charge in [0.2, 0.25) is 0 Å². The van der Waals surface area contributed by atoms with Gasteiger partial charge in [0.15, 0.2) is 0 Å². The Hall–Kier alpha value is -0.860. The first-order chi connectivity index (χ1) is 8.58. The lowest BCUT2D eigenvalue weighted by Crippen LogP contribution is -2.31. The molecule has 0 aliphatic heterocycles. The van der Waals surface area contributed by atoms with E-state index in [9.17, 15) is 5.11 Å². The normalized spacial score (nSPS) is 14.5. The molecule has 2 atom stereocenters. The summed E-state index contributed by atoms with van der Waals surface area (Å²) in [5, 5.41) is 10.3. The zero-order valence-electron chi connectivity index (χ0n) is 12.1. The fraction of sp³-hybridized carbons (Fsp3) is 0.625. The number of hydrogen-bond donors (Lipinski definition) is 1. The molecule has 0 spiro atoms. The summed E-state index contributed by atoms with van der Waals surface area (Å²) in [6, 6.07) is 6.38. The van der Waals surface area contributed by atoms with Crippen molar-refractivity contribution in [1.29, 1.82) is 0 Å². The van der Waals surface area contributed by atoms with Crippen molar-refractivity contribution in [3.63, 3.8) is 0 Å². The van der Waals surface area contributed by atoms with Crippen LogP contribution in [0.25, 0.3) is 0 Å². The quantitative estimate of drug-likeness (QED) is 0.803. The number of ether oxygens (including phenoxy) is 1. The summed E-state index contributed by atoms with van der Waals surface area (Å²) in [4.78, 5) is 0. The number of rotatable bonds is 7. The van der Waals surface area contributed by atoms with E-state index in [1.54, 1.807) is 0 Å². The Bertz CT molecular complexity index is 354. The smallest absolute Gasteiger partial charge is 0.0842 e. The van der Waals surface area contributed by atoms with E-state index in [1.807, 2.05) is 6.92 Å². The zero-order valence-corrected chi connectivity index (χ0v) is 12.1. The van der Waals surface area contributed by atoms with Gasteiger partial charge in [-0.3, -0.25) is 0 Å². The summed E-state index contributed by atoms with van der Waals surface area (Å²) >= 11 is 0. The van der Waals surface area contributed by atoms with E-state index in [4.69, 9.17) is 4.74 Å². The molecule has 2 nitrogen and oxygen atoms in total. The van der Waals surface area contributed by atoms with Crippen molar-refractivity contribution in [2.45, 2.75) is 59.2 Å². The van der Waals surface area contributed by atoms with Gasteiger partial charge in [-0.05, 0) is 43.9 Å². The molecule has 0 aliphatic carbocycles. The van der Waals surface area contributed by atoms with Crippen molar-refractivity contribution >= 4 is 0 Å². The van der Waals surface area contributed by atoms with Crippen molar-refractivity contribution in [2.24, 2.45) is 0 Å². The van der Waals surface area contributed by atoms with Crippen LogP contribution in [-0.2, 0) is 11.2 Å². The van der Waals surface area contributed by atoms with Gasteiger partial charge in [-0.2, -0.15) is 0 Å². The van der Waals surface area contributed by atoms with E-state index < -0.39 is 6.10 Å². The number of aliphatic hydroxyl groups is 1. The Kier molecular flexibility index (Phi) is 6.37. The third-order valence-electron chi connectivity index (χ3n) is 3.40. The molecular formula is C16H26O2. The van der Waals surface area contributed by atoms with Crippen LogP contribution in [0, 0.1) is 13.8 Å². The lowest BCUT2D eigenvalue weighted by molar-refractivity contribution is -0.0363. The summed E-state index contributed by atoms with van der Waals surface area (Å²) in [6.45, 7) is 8.97. The highest BCUT2D eigenvalue weighted by molar-refractivity contribution is 5.30. The third-order valence-corrected chi connectivity index (χ3v) is 3.40. The summed E-state index contributed by atoms with van der Waals surface area (Å²) < 4.78 is 5.62. The number of hydrogen-bond acceptors (Lipinski definition) is 2. The average molecular weight is 250 g/mol. The summed E-state index contributed by atoms with van der Waals surface area (Å²) in [7, 11) is 0. The Morgan fingerprint density at radius 3 is 2.44 bits per heavy atom. The minimum Gasteiger partial charge on any atom is -0.390 e. The molecule has 0 saturated carbocycles. The molecule has 102 valence electrons. The lowest BCUT2D eigenvalue weighted by Gasteiger charge is -2.22. The number of aliphatic hydroxyl groups excluding tert-OH is 1. The first kappa shape index (κ1) is 15.2. The van der Waals surface area contributed by atoms with Crippen LogP contribution in [-0.4, -0.2) is 23.9 Å². The minimum atomic E-state index is -0.410. The van der Waals surface area contributed by atoms with Gasteiger partial charge in [-0.25, -0.2) is 0 Å². The van der Waals surface area contributed by atoms with Crippen molar-refractivity contribution in [2.75, 3.05) is 6.61 Å². The number of aryl methyl sites for hydroxylation is 2. The predicted octanol–water partition coefficient (Wildman–Crippen LogP) is 3.41. The average Bonchev–Trinajstić information content (AvgIpc) is 2.33. The van der Waals surface area contributed by atoms with Gasteiger partial charge >= 0.3 is 0 Å². The van der Waals surface area contributed by atoms with Crippen molar-refractivity contribution in [1.82, 2.24) is 0 Å². The molecule has 2 heteroatoms. The molecular weight excluding hydrogens is 224 g/mol. The van der Waals surface area contributed by atoms with Crippen LogP contribution in [0.1, 0.15) is 43.4 Å². The molecule has 18 heavy (non-hydrogen) atoms. The van der Waals surface area contributed by atoms with Crippen molar-refractivity contribution < 1.29 is 9.84 Å². The fourth-order valence-corrected chi connectivity index (χ4v) is 2.19. The van der Waals surface area contributed by atoms with Crippen LogP contribution < -0.4 is 0 Å². The molecule has 1 aromatic carbocycles. The monoisotopic (exact) mass is 250 g/mol. The molecule has 0 amide bonds. The molecule has 0 saturated heterocycles. The van der Waals surface area contributed by atoms with Crippen LogP contribution in [0.5, 0.6) is 0 Å². The maximum absolute atomic E-state index is 10.3. The van der Waals surface area contributed by atoms with E-state index in [0.29, 0.717) is 13.0 Å². The van der Waals surface area contributed by atoms with Gasteiger partial charge in [0.1, 0.15) is 0 Å². The van der Waals surface area contributed by atoms with Gasteiger partial charge in [0, 0.05) is 13.0 Å². The van der Waals surface area contributed by atoms with E-state index in [2.05, 4.69) is 39.0 Å². The van der Waals surface area contributed by atoms with Crippen LogP contribution in [0.2, 0.25) is 0 Å². The molecule has 1 aromatic rings. The standard InChI is InChI=1S/C16H26O2/c1-5-7-16(18-6-2)15(17)11-14-9-8-12(3)13(4)10-14/h8-10,15-17H,5-7,11H2,1-4H3. The highest BCUT2D eigenvalue weighted by Crippen LogP contribution is 2.16. The molecule has 2 unspecified atom stereocenters. The second kappa shape index (κ2) is 7.55. The Morgan fingerprint density at radius 1 is 1.17 bits per heavy atom. The first-order valence-electron chi connectivity index (χ1n) is 6.94. The Morgan fingerprint density at radius 2 is 1.89 bits per heavy atom. The molecule has 0 bridgehead atoms. The van der Waals surface area contributed by atoms with E-state index in [1.165, 1.54) is 16.7 Å². The molecule has 0 aliphatic rings. The lowest BCUT2D eigenvalue weighted by atomic mass is 9.98. The maximum Gasteiger partial charge on any atom is 0.0842 e. The second-order valence-corrected chi connectivity index (χ2v) is 4.97. The molecule has 1 rings (SSSR count). The van der Waals surface area contributed by atoms with E-state index >= 15 is 0 Å². The van der Waals surface area contributed by atoms with Gasteiger partial charge in [-0.1, -0.05) is 31.5 Å². The fourth-order valence-electron chi connectivity index (χ4n) is 2.19. The minimum absolute atomic E-state index is 0.0402. The Labute approximate surface area is 111 Å². The first-order valence-corrected chi connectivity index (χ1v) is 6.94. The zero-order chi connectivity index (χ0) is 13.5. The molecule has 0 fully saturated rings.